The van der Waals surface area contributed by atoms with Crippen molar-refractivity contribution in [2.75, 3.05) is 18.6 Å². The van der Waals surface area contributed by atoms with Gasteiger partial charge in [-0.15, -0.1) is 0 Å². The smallest absolute Gasteiger partial charge is 0.0833 e. The quantitative estimate of drug-likeness (QED) is 0.723. The lowest BCUT2D eigenvalue weighted by Gasteiger charge is -2.26. The average Bonchev–Trinajstić information content (AvgIpc) is 2.68. The summed E-state index contributed by atoms with van der Waals surface area (Å²) in [7, 11) is 0. The van der Waals surface area contributed by atoms with Crippen LogP contribution in [0.15, 0.2) is 0 Å². The second kappa shape index (κ2) is 6.87. The third-order valence-electron chi connectivity index (χ3n) is 3.45. The van der Waals surface area contributed by atoms with Gasteiger partial charge in [0.05, 0.1) is 5.60 Å². The largest absolute Gasteiger partial charge is 0.388 e. The maximum Gasteiger partial charge on any atom is 0.0833 e. The van der Waals surface area contributed by atoms with Gasteiger partial charge in [-0.2, -0.15) is 11.8 Å². The highest BCUT2D eigenvalue weighted by Crippen LogP contribution is 2.28. The Hall–Kier alpha value is 0.270. The van der Waals surface area contributed by atoms with Crippen LogP contribution < -0.4 is 5.32 Å². The molecule has 0 spiro atoms. The van der Waals surface area contributed by atoms with Crippen LogP contribution in [0.1, 0.15) is 46.0 Å². The summed E-state index contributed by atoms with van der Waals surface area (Å²) in [5, 5.41) is 13.5. The number of nitrogens with one attached hydrogen (secondary N) is 1. The summed E-state index contributed by atoms with van der Waals surface area (Å²) in [6.45, 7) is 4.87. The number of aliphatic hydroxyl groups is 1. The molecule has 0 radical (unpaired) electrons. The van der Waals surface area contributed by atoms with Gasteiger partial charge in [0.25, 0.3) is 0 Å². The normalized spacial score (nSPS) is 23.2. The van der Waals surface area contributed by atoms with Crippen LogP contribution in [0.4, 0.5) is 0 Å². The molecule has 0 saturated heterocycles. The Morgan fingerprint density at radius 1 is 1.44 bits per heavy atom. The lowest BCUT2D eigenvalue weighted by molar-refractivity contribution is 0.0810. The van der Waals surface area contributed by atoms with Gasteiger partial charge in [0.1, 0.15) is 0 Å². The first-order chi connectivity index (χ1) is 7.53. The number of hydrogen-bond acceptors (Lipinski definition) is 3. The van der Waals surface area contributed by atoms with E-state index in [1.54, 1.807) is 11.8 Å². The maximum atomic E-state index is 10.0. The minimum Gasteiger partial charge on any atom is -0.388 e. The third-order valence-corrected chi connectivity index (χ3v) is 4.36. The molecule has 0 heterocycles. The van der Waals surface area contributed by atoms with E-state index in [1.165, 1.54) is 32.1 Å². The first-order valence-corrected chi connectivity index (χ1v) is 7.87. The van der Waals surface area contributed by atoms with Crippen LogP contribution in [-0.2, 0) is 0 Å². The van der Waals surface area contributed by atoms with E-state index >= 15 is 0 Å². The lowest BCUT2D eigenvalue weighted by atomic mass is 9.99. The Morgan fingerprint density at radius 3 is 2.62 bits per heavy atom. The zero-order valence-corrected chi connectivity index (χ0v) is 11.8. The van der Waals surface area contributed by atoms with Crippen LogP contribution in [0.2, 0.25) is 0 Å². The van der Waals surface area contributed by atoms with Gasteiger partial charge in [-0.3, -0.25) is 0 Å². The average molecular weight is 245 g/mol. The summed E-state index contributed by atoms with van der Waals surface area (Å²) in [5.74, 6) is 1.73. The van der Waals surface area contributed by atoms with Crippen molar-refractivity contribution in [3.63, 3.8) is 0 Å². The molecule has 2 nitrogen and oxygen atoms in total. The molecule has 1 aliphatic rings. The SMILES string of the molecule is CSCC(C)(O)CNC(C)CC1CCCC1. The molecule has 0 aromatic rings. The van der Waals surface area contributed by atoms with Crippen molar-refractivity contribution >= 4 is 11.8 Å². The summed E-state index contributed by atoms with van der Waals surface area (Å²) in [4.78, 5) is 0. The first-order valence-electron chi connectivity index (χ1n) is 6.48. The van der Waals surface area contributed by atoms with Crippen molar-refractivity contribution in [1.82, 2.24) is 5.32 Å². The van der Waals surface area contributed by atoms with E-state index in [4.69, 9.17) is 0 Å². The molecule has 3 heteroatoms. The number of rotatable bonds is 7. The van der Waals surface area contributed by atoms with E-state index in [0.29, 0.717) is 12.6 Å². The molecule has 0 aromatic heterocycles. The molecule has 2 unspecified atom stereocenters. The predicted molar refractivity (Wildman–Crippen MR) is 73.0 cm³/mol. The van der Waals surface area contributed by atoms with Crippen molar-refractivity contribution in [1.29, 1.82) is 0 Å². The van der Waals surface area contributed by atoms with E-state index in [9.17, 15) is 5.11 Å². The lowest BCUT2D eigenvalue weighted by Crippen LogP contribution is -2.43. The standard InChI is InChI=1S/C13H27NOS/c1-11(8-12-6-4-5-7-12)14-9-13(2,15)10-16-3/h11-12,14-15H,4-10H2,1-3H3. The van der Waals surface area contributed by atoms with Crippen molar-refractivity contribution in [3.05, 3.63) is 0 Å². The van der Waals surface area contributed by atoms with Gasteiger partial charge in [0.2, 0.25) is 0 Å². The van der Waals surface area contributed by atoms with Crippen LogP contribution in [0.25, 0.3) is 0 Å². The number of hydrogen-bond donors (Lipinski definition) is 2. The minimum absolute atomic E-state index is 0.538. The van der Waals surface area contributed by atoms with Crippen LogP contribution in [0, 0.1) is 5.92 Å². The fourth-order valence-corrected chi connectivity index (χ4v) is 3.31. The fraction of sp³-hybridized carbons (Fsp3) is 1.00. The van der Waals surface area contributed by atoms with Gasteiger partial charge in [-0.1, -0.05) is 25.7 Å². The van der Waals surface area contributed by atoms with Gasteiger partial charge in [-0.25, -0.2) is 0 Å². The van der Waals surface area contributed by atoms with Gasteiger partial charge >= 0.3 is 0 Å². The monoisotopic (exact) mass is 245 g/mol. The van der Waals surface area contributed by atoms with Crippen LogP contribution in [0.3, 0.4) is 0 Å². The Labute approximate surface area is 105 Å². The molecule has 0 aliphatic heterocycles. The van der Waals surface area contributed by atoms with Crippen LogP contribution >= 0.6 is 11.8 Å². The second-order valence-electron chi connectivity index (χ2n) is 5.60. The molecule has 1 rings (SSSR count). The first kappa shape index (κ1) is 14.3. The predicted octanol–water partition coefficient (Wildman–Crippen LogP) is 2.66. The van der Waals surface area contributed by atoms with E-state index in [0.717, 1.165) is 11.7 Å². The highest BCUT2D eigenvalue weighted by molar-refractivity contribution is 7.98. The minimum atomic E-state index is -0.566. The van der Waals surface area contributed by atoms with Gasteiger partial charge in [0, 0.05) is 18.3 Å². The summed E-state index contributed by atoms with van der Waals surface area (Å²) in [5.41, 5.74) is -0.566. The van der Waals surface area contributed by atoms with E-state index < -0.39 is 5.60 Å². The van der Waals surface area contributed by atoms with Crippen molar-refractivity contribution in [2.45, 2.75) is 57.6 Å². The zero-order valence-electron chi connectivity index (χ0n) is 11.0. The van der Waals surface area contributed by atoms with Gasteiger partial charge in [-0.05, 0) is 32.4 Å². The molecule has 1 fully saturated rings. The molecule has 0 aromatic carbocycles. The van der Waals surface area contributed by atoms with Crippen LogP contribution in [0.5, 0.6) is 0 Å². The van der Waals surface area contributed by atoms with E-state index in [2.05, 4.69) is 12.2 Å². The number of thioether (sulfide) groups is 1. The Balaban J connectivity index is 2.15. The van der Waals surface area contributed by atoms with E-state index in [-0.39, 0.29) is 0 Å². The summed E-state index contributed by atoms with van der Waals surface area (Å²) >= 11 is 1.70. The fourth-order valence-electron chi connectivity index (χ4n) is 2.59. The van der Waals surface area contributed by atoms with Crippen molar-refractivity contribution in [3.8, 4) is 0 Å². The highest BCUT2D eigenvalue weighted by atomic mass is 32.2. The summed E-state index contributed by atoms with van der Waals surface area (Å²) in [6, 6.07) is 0.538. The molecule has 1 saturated carbocycles. The van der Waals surface area contributed by atoms with Crippen molar-refractivity contribution in [2.24, 2.45) is 5.92 Å². The third kappa shape index (κ3) is 5.55. The van der Waals surface area contributed by atoms with Gasteiger partial charge in [0.15, 0.2) is 0 Å². The Morgan fingerprint density at radius 2 is 2.06 bits per heavy atom. The molecule has 96 valence electrons. The Kier molecular flexibility index (Phi) is 6.16. The molecule has 0 amide bonds. The Bertz CT molecular complexity index is 190. The highest BCUT2D eigenvalue weighted by Gasteiger charge is 2.22. The van der Waals surface area contributed by atoms with Gasteiger partial charge < -0.3 is 10.4 Å². The van der Waals surface area contributed by atoms with Crippen LogP contribution in [-0.4, -0.2) is 35.3 Å². The molecular formula is C13H27NOS. The second-order valence-corrected chi connectivity index (χ2v) is 6.46. The summed E-state index contributed by atoms with van der Waals surface area (Å²) in [6.07, 6.45) is 8.97. The van der Waals surface area contributed by atoms with Crippen molar-refractivity contribution < 1.29 is 5.11 Å². The summed E-state index contributed by atoms with van der Waals surface area (Å²) < 4.78 is 0. The molecule has 16 heavy (non-hydrogen) atoms. The van der Waals surface area contributed by atoms with E-state index in [1.807, 2.05) is 13.2 Å². The maximum absolute atomic E-state index is 10.0. The topological polar surface area (TPSA) is 32.3 Å². The molecule has 1 aliphatic carbocycles. The zero-order chi connectivity index (χ0) is 12.0. The molecule has 2 N–H and O–H groups in total. The molecule has 0 bridgehead atoms. The molecular weight excluding hydrogens is 218 g/mol. The molecule has 2 atom stereocenters.